The van der Waals surface area contributed by atoms with Crippen molar-refractivity contribution in [3.8, 4) is 0 Å². The zero-order valence-corrected chi connectivity index (χ0v) is 12.6. The second-order valence-corrected chi connectivity index (χ2v) is 5.60. The summed E-state index contributed by atoms with van der Waals surface area (Å²) in [5.41, 5.74) is 2.74. The Bertz CT molecular complexity index is 642. The third kappa shape index (κ3) is 2.49. The van der Waals surface area contributed by atoms with Crippen molar-refractivity contribution in [3.05, 3.63) is 64.1 Å². The molecule has 1 amide bonds. The molecule has 20 heavy (non-hydrogen) atoms. The first-order valence-corrected chi connectivity index (χ1v) is 7.41. The van der Waals surface area contributed by atoms with E-state index in [-0.39, 0.29) is 5.91 Å². The van der Waals surface area contributed by atoms with Crippen molar-refractivity contribution >= 4 is 27.5 Å². The molecule has 0 aromatic heterocycles. The van der Waals surface area contributed by atoms with Crippen LogP contribution in [0, 0.1) is 0 Å². The van der Waals surface area contributed by atoms with Crippen molar-refractivity contribution in [3.63, 3.8) is 0 Å². The average Bonchev–Trinajstić information content (AvgIpc) is 2.47. The van der Waals surface area contributed by atoms with E-state index < -0.39 is 0 Å². The maximum atomic E-state index is 12.8. The third-order valence-electron chi connectivity index (χ3n) is 3.46. The Kier molecular flexibility index (Phi) is 3.85. The maximum Gasteiger partial charge on any atom is 0.258 e. The van der Waals surface area contributed by atoms with E-state index in [9.17, 15) is 4.79 Å². The van der Waals surface area contributed by atoms with Crippen molar-refractivity contribution in [1.82, 2.24) is 5.32 Å². The molecule has 3 nitrogen and oxygen atoms in total. The molecule has 0 unspecified atom stereocenters. The van der Waals surface area contributed by atoms with Gasteiger partial charge in [0.1, 0.15) is 0 Å². The Morgan fingerprint density at radius 2 is 1.80 bits per heavy atom. The van der Waals surface area contributed by atoms with Crippen LogP contribution in [0.25, 0.3) is 0 Å². The second kappa shape index (κ2) is 5.77. The van der Waals surface area contributed by atoms with Crippen LogP contribution >= 0.6 is 15.9 Å². The van der Waals surface area contributed by atoms with Crippen LogP contribution in [-0.2, 0) is 6.54 Å². The lowest BCUT2D eigenvalue weighted by molar-refractivity contribution is 0.0984. The zero-order chi connectivity index (χ0) is 13.9. The van der Waals surface area contributed by atoms with Gasteiger partial charge in [-0.2, -0.15) is 0 Å². The highest BCUT2D eigenvalue weighted by Gasteiger charge is 2.23. The first kappa shape index (κ1) is 13.3. The van der Waals surface area contributed by atoms with Gasteiger partial charge in [-0.15, -0.1) is 0 Å². The fourth-order valence-corrected chi connectivity index (χ4v) is 2.94. The van der Waals surface area contributed by atoms with Crippen LogP contribution in [0.5, 0.6) is 0 Å². The van der Waals surface area contributed by atoms with Crippen LogP contribution in [0.3, 0.4) is 0 Å². The molecule has 2 aromatic carbocycles. The molecule has 1 aliphatic heterocycles. The van der Waals surface area contributed by atoms with Crippen molar-refractivity contribution < 1.29 is 4.79 Å². The molecule has 102 valence electrons. The fourth-order valence-electron chi connectivity index (χ4n) is 2.44. The number of fused-ring (bicyclic) bond motifs is 1. The summed E-state index contributed by atoms with van der Waals surface area (Å²) in [6, 6.07) is 15.6. The Morgan fingerprint density at radius 1 is 1.05 bits per heavy atom. The molecule has 3 rings (SSSR count). The summed E-state index contributed by atoms with van der Waals surface area (Å²) in [6.07, 6.45) is 0. The van der Waals surface area contributed by atoms with E-state index >= 15 is 0 Å². The van der Waals surface area contributed by atoms with Gasteiger partial charge in [-0.3, -0.25) is 4.79 Å². The van der Waals surface area contributed by atoms with Crippen LogP contribution in [0.2, 0.25) is 0 Å². The highest BCUT2D eigenvalue weighted by Crippen LogP contribution is 2.28. The molecule has 0 bridgehead atoms. The second-order valence-electron chi connectivity index (χ2n) is 4.74. The predicted octanol–water partition coefficient (Wildman–Crippen LogP) is 3.20. The summed E-state index contributed by atoms with van der Waals surface area (Å²) >= 11 is 3.53. The molecule has 0 atom stereocenters. The molecule has 1 N–H and O–H groups in total. The van der Waals surface area contributed by atoms with Crippen molar-refractivity contribution in [2.24, 2.45) is 0 Å². The number of nitrogens with zero attached hydrogens (tertiary/aromatic N) is 1. The Balaban J connectivity index is 2.05. The number of rotatable bonds is 1. The van der Waals surface area contributed by atoms with Gasteiger partial charge in [0.05, 0.1) is 5.69 Å². The van der Waals surface area contributed by atoms with Gasteiger partial charge in [0.2, 0.25) is 0 Å². The van der Waals surface area contributed by atoms with Gasteiger partial charge in [-0.05, 0) is 39.7 Å². The summed E-state index contributed by atoms with van der Waals surface area (Å²) < 4.78 is 0.936. The van der Waals surface area contributed by atoms with E-state index in [1.807, 2.05) is 53.4 Å². The number of benzene rings is 2. The van der Waals surface area contributed by atoms with Gasteiger partial charge < -0.3 is 10.2 Å². The number of amides is 1. The summed E-state index contributed by atoms with van der Waals surface area (Å²) in [4.78, 5) is 14.6. The summed E-state index contributed by atoms with van der Waals surface area (Å²) in [6.45, 7) is 2.18. The van der Waals surface area contributed by atoms with Crippen molar-refractivity contribution in [1.29, 1.82) is 0 Å². The molecule has 0 saturated heterocycles. The Labute approximate surface area is 126 Å². The molecule has 1 aliphatic rings. The molecule has 0 radical (unpaired) electrons. The number of carbonyl (C=O) groups is 1. The van der Waals surface area contributed by atoms with Gasteiger partial charge in [-0.1, -0.05) is 30.3 Å². The first-order valence-electron chi connectivity index (χ1n) is 6.62. The van der Waals surface area contributed by atoms with Crippen molar-refractivity contribution in [2.75, 3.05) is 18.0 Å². The molecule has 0 spiro atoms. The van der Waals surface area contributed by atoms with Crippen LogP contribution in [0.15, 0.2) is 53.0 Å². The minimum Gasteiger partial charge on any atom is -0.311 e. The van der Waals surface area contributed by atoms with Crippen LogP contribution in [-0.4, -0.2) is 19.0 Å². The normalized spacial score (nSPS) is 15.4. The summed E-state index contributed by atoms with van der Waals surface area (Å²) in [7, 11) is 0. The fraction of sp³-hybridized carbons (Fsp3) is 0.188. The van der Waals surface area contributed by atoms with Crippen molar-refractivity contribution in [2.45, 2.75) is 6.54 Å². The molecule has 1 heterocycles. The van der Waals surface area contributed by atoms with E-state index in [2.05, 4.69) is 21.2 Å². The van der Waals surface area contributed by atoms with E-state index in [1.165, 1.54) is 0 Å². The SMILES string of the molecule is O=C1c2ccccc2CNCCN1c1ccccc1Br. The highest BCUT2D eigenvalue weighted by molar-refractivity contribution is 9.10. The standard InChI is InChI=1S/C16H15BrN2O/c17-14-7-3-4-8-15(14)19-10-9-18-11-12-5-1-2-6-13(12)16(19)20/h1-8,18H,9-11H2. The van der Waals surface area contributed by atoms with E-state index in [0.29, 0.717) is 6.54 Å². The van der Waals surface area contributed by atoms with Crippen LogP contribution in [0.4, 0.5) is 5.69 Å². The monoisotopic (exact) mass is 330 g/mol. The lowest BCUT2D eigenvalue weighted by Crippen LogP contribution is -2.40. The first-order chi connectivity index (χ1) is 9.77. The predicted molar refractivity (Wildman–Crippen MR) is 84.0 cm³/mol. The zero-order valence-electron chi connectivity index (χ0n) is 11.0. The number of anilines is 1. The van der Waals surface area contributed by atoms with E-state index in [1.54, 1.807) is 0 Å². The highest BCUT2D eigenvalue weighted by atomic mass is 79.9. The van der Waals surface area contributed by atoms with Crippen LogP contribution < -0.4 is 10.2 Å². The molecule has 2 aromatic rings. The van der Waals surface area contributed by atoms with Gasteiger partial charge in [0.15, 0.2) is 0 Å². The largest absolute Gasteiger partial charge is 0.311 e. The molecule has 0 saturated carbocycles. The summed E-state index contributed by atoms with van der Waals surface area (Å²) in [5.74, 6) is 0.0639. The minimum absolute atomic E-state index is 0.0639. The molecular formula is C16H15BrN2O. The number of hydrogen-bond donors (Lipinski definition) is 1. The maximum absolute atomic E-state index is 12.8. The number of nitrogens with one attached hydrogen (secondary N) is 1. The topological polar surface area (TPSA) is 32.3 Å². The Morgan fingerprint density at radius 3 is 2.65 bits per heavy atom. The smallest absolute Gasteiger partial charge is 0.258 e. The third-order valence-corrected chi connectivity index (χ3v) is 4.13. The van der Waals surface area contributed by atoms with E-state index in [4.69, 9.17) is 0 Å². The van der Waals surface area contributed by atoms with Crippen LogP contribution in [0.1, 0.15) is 15.9 Å². The lowest BCUT2D eigenvalue weighted by atomic mass is 10.0. The van der Waals surface area contributed by atoms with E-state index in [0.717, 1.165) is 34.4 Å². The van der Waals surface area contributed by atoms with Gasteiger partial charge in [-0.25, -0.2) is 0 Å². The average molecular weight is 331 g/mol. The number of hydrogen-bond acceptors (Lipinski definition) is 2. The number of halogens is 1. The number of carbonyl (C=O) groups excluding carboxylic acids is 1. The van der Waals surface area contributed by atoms with Gasteiger partial charge in [0.25, 0.3) is 5.91 Å². The molecule has 4 heteroatoms. The molecule has 0 aliphatic carbocycles. The lowest BCUT2D eigenvalue weighted by Gasteiger charge is -2.27. The summed E-state index contributed by atoms with van der Waals surface area (Å²) in [5, 5.41) is 3.37. The minimum atomic E-state index is 0.0639. The Hall–Kier alpha value is -1.65. The quantitative estimate of drug-likeness (QED) is 0.870. The van der Waals surface area contributed by atoms with Gasteiger partial charge in [0, 0.05) is 29.7 Å². The van der Waals surface area contributed by atoms with Gasteiger partial charge >= 0.3 is 0 Å². The molecule has 0 fully saturated rings. The number of para-hydroxylation sites is 1. The molecular weight excluding hydrogens is 316 g/mol.